The Hall–Kier alpha value is -2.77. The summed E-state index contributed by atoms with van der Waals surface area (Å²) in [5.41, 5.74) is 4.46. The van der Waals surface area contributed by atoms with Crippen molar-refractivity contribution in [3.05, 3.63) is 12.4 Å². The molecule has 2 aromatic rings. The van der Waals surface area contributed by atoms with E-state index >= 15 is 0 Å². The number of ether oxygens (including phenoxy) is 2. The number of aliphatic hydroxyl groups excluding tert-OH is 1. The van der Waals surface area contributed by atoms with Gasteiger partial charge in [0.1, 0.15) is 5.52 Å². The summed E-state index contributed by atoms with van der Waals surface area (Å²) in [7, 11) is 1.34. The second-order valence-corrected chi connectivity index (χ2v) is 8.46. The van der Waals surface area contributed by atoms with Crippen molar-refractivity contribution in [3.63, 3.8) is 0 Å². The number of fused-ring (bicyclic) bond motifs is 1. The number of unbranched alkanes of at least 4 members (excludes halogenated alkanes) is 4. The normalized spacial score (nSPS) is 14.9. The maximum atomic E-state index is 13.8. The number of hydrogen-bond acceptors (Lipinski definition) is 8. The Balaban J connectivity index is 2.33. The van der Waals surface area contributed by atoms with Crippen molar-refractivity contribution >= 4 is 23.0 Å². The van der Waals surface area contributed by atoms with Gasteiger partial charge in [0.25, 0.3) is 0 Å². The Morgan fingerprint density at radius 2 is 1.97 bits per heavy atom. The predicted molar refractivity (Wildman–Crippen MR) is 127 cm³/mol. The van der Waals surface area contributed by atoms with Gasteiger partial charge in [-0.25, -0.2) is 4.98 Å². The molecule has 0 amide bonds. The van der Waals surface area contributed by atoms with Crippen molar-refractivity contribution in [2.75, 3.05) is 19.5 Å². The van der Waals surface area contributed by atoms with Crippen LogP contribution in [0.25, 0.3) is 11.2 Å². The number of hydrogen-bond donors (Lipinski definition) is 2. The van der Waals surface area contributed by atoms with E-state index in [1.807, 2.05) is 0 Å². The Morgan fingerprint density at radius 1 is 1.26 bits per heavy atom. The van der Waals surface area contributed by atoms with Crippen LogP contribution in [0.4, 0.5) is 10.2 Å². The molecular weight excluding hydrogens is 441 g/mol. The molecule has 0 radical (unpaired) electrons. The average molecular weight is 478 g/mol. The molecule has 3 N–H and O–H groups in total. The lowest BCUT2D eigenvalue weighted by Crippen LogP contribution is -2.51. The molecule has 188 valence electrons. The Labute approximate surface area is 200 Å². The number of methoxy groups -OCH3 is 1. The topological polar surface area (TPSA) is 125 Å². The van der Waals surface area contributed by atoms with E-state index in [1.54, 1.807) is 0 Å². The zero-order chi connectivity index (χ0) is 25.1. The number of carbonyl (C=O) groups is 1. The van der Waals surface area contributed by atoms with Crippen molar-refractivity contribution in [2.45, 2.75) is 83.5 Å². The van der Waals surface area contributed by atoms with E-state index in [9.17, 15) is 14.3 Å². The summed E-state index contributed by atoms with van der Waals surface area (Å²) in [6, 6.07) is 0. The monoisotopic (exact) mass is 477 g/mol. The second kappa shape index (κ2) is 13.2. The maximum Gasteiger partial charge on any atom is 0.312 e. The standard InChI is InChI=1S/C24H36FN5O4/c1-5-8-10-11-13-17(12-9-6-2)22(32)34-18(24(7-3,15-31)33-4)14-30-16-27-19-20(26)28-23(25)29-21(19)30/h3,16-18,31H,5-6,8-15H2,1-2,4H3,(H2,26,28,29)/t17?,18-,24?/m0/s1. The van der Waals surface area contributed by atoms with Crippen LogP contribution in [0.3, 0.4) is 0 Å². The van der Waals surface area contributed by atoms with Crippen LogP contribution in [0.2, 0.25) is 0 Å². The number of nitrogens with two attached hydrogens (primary N) is 1. The Morgan fingerprint density at radius 3 is 2.59 bits per heavy atom. The van der Waals surface area contributed by atoms with Gasteiger partial charge in [-0.15, -0.1) is 6.42 Å². The minimum atomic E-state index is -1.61. The number of imidazole rings is 1. The van der Waals surface area contributed by atoms with Crippen molar-refractivity contribution in [2.24, 2.45) is 5.92 Å². The van der Waals surface area contributed by atoms with Crippen LogP contribution >= 0.6 is 0 Å². The number of terminal acetylenes is 1. The first-order valence-electron chi connectivity index (χ1n) is 11.8. The van der Waals surface area contributed by atoms with Gasteiger partial charge in [-0.1, -0.05) is 58.3 Å². The molecule has 3 atom stereocenters. The largest absolute Gasteiger partial charge is 0.456 e. The molecule has 0 saturated heterocycles. The van der Waals surface area contributed by atoms with Crippen LogP contribution in [0, 0.1) is 24.3 Å². The Bertz CT molecular complexity index is 970. The fourth-order valence-electron chi connectivity index (χ4n) is 3.91. The smallest absolute Gasteiger partial charge is 0.312 e. The van der Waals surface area contributed by atoms with E-state index in [4.69, 9.17) is 21.6 Å². The van der Waals surface area contributed by atoms with E-state index in [0.29, 0.717) is 12.8 Å². The summed E-state index contributed by atoms with van der Waals surface area (Å²) < 4.78 is 26.6. The van der Waals surface area contributed by atoms with Crippen LogP contribution in [0.15, 0.2) is 6.33 Å². The zero-order valence-corrected chi connectivity index (χ0v) is 20.3. The van der Waals surface area contributed by atoms with Gasteiger partial charge in [0, 0.05) is 7.11 Å². The number of rotatable bonds is 15. The van der Waals surface area contributed by atoms with E-state index in [-0.39, 0.29) is 29.4 Å². The molecule has 0 bridgehead atoms. The third-order valence-electron chi connectivity index (χ3n) is 6.09. The lowest BCUT2D eigenvalue weighted by molar-refractivity contribution is -0.173. The van der Waals surface area contributed by atoms with Gasteiger partial charge in [0.2, 0.25) is 0 Å². The first-order valence-corrected chi connectivity index (χ1v) is 11.8. The third kappa shape index (κ3) is 6.64. The fraction of sp³-hybridized carbons (Fsp3) is 0.667. The summed E-state index contributed by atoms with van der Waals surface area (Å²) in [6.07, 6.45) is 12.4. The van der Waals surface area contributed by atoms with Crippen molar-refractivity contribution in [1.29, 1.82) is 0 Å². The van der Waals surface area contributed by atoms with Crippen LogP contribution in [-0.4, -0.2) is 56.0 Å². The highest BCUT2D eigenvalue weighted by Crippen LogP contribution is 2.26. The van der Waals surface area contributed by atoms with Crippen LogP contribution in [0.5, 0.6) is 0 Å². The summed E-state index contributed by atoms with van der Waals surface area (Å²) in [6.45, 7) is 3.54. The van der Waals surface area contributed by atoms with Crippen LogP contribution in [-0.2, 0) is 20.8 Å². The number of anilines is 1. The molecule has 0 aliphatic rings. The lowest BCUT2D eigenvalue weighted by atomic mass is 9.94. The zero-order valence-electron chi connectivity index (χ0n) is 20.3. The molecule has 9 nitrogen and oxygen atoms in total. The van der Waals surface area contributed by atoms with Gasteiger partial charge in [-0.05, 0) is 12.8 Å². The molecule has 0 fully saturated rings. The number of carbonyl (C=O) groups excluding carboxylic acids is 1. The highest BCUT2D eigenvalue weighted by Gasteiger charge is 2.41. The molecule has 10 heteroatoms. The van der Waals surface area contributed by atoms with E-state index in [1.165, 1.54) is 18.0 Å². The summed E-state index contributed by atoms with van der Waals surface area (Å²) in [5, 5.41) is 10.1. The van der Waals surface area contributed by atoms with E-state index < -0.39 is 30.4 Å². The number of halogens is 1. The van der Waals surface area contributed by atoms with Crippen LogP contribution in [0.1, 0.15) is 65.2 Å². The molecule has 0 saturated carbocycles. The molecule has 2 rings (SSSR count). The van der Waals surface area contributed by atoms with Gasteiger partial charge >= 0.3 is 12.0 Å². The lowest BCUT2D eigenvalue weighted by Gasteiger charge is -2.34. The highest BCUT2D eigenvalue weighted by molar-refractivity contribution is 5.81. The molecule has 0 aliphatic carbocycles. The number of esters is 1. The average Bonchev–Trinajstić information content (AvgIpc) is 3.22. The van der Waals surface area contributed by atoms with Crippen molar-refractivity contribution in [1.82, 2.24) is 19.5 Å². The minimum Gasteiger partial charge on any atom is -0.456 e. The molecule has 2 heterocycles. The quantitative estimate of drug-likeness (QED) is 0.173. The number of nitrogens with zero attached hydrogens (tertiary/aromatic N) is 4. The fourth-order valence-corrected chi connectivity index (χ4v) is 3.91. The molecule has 2 unspecified atom stereocenters. The molecule has 0 aromatic carbocycles. The predicted octanol–water partition coefficient (Wildman–Crippen LogP) is 3.25. The Kier molecular flexibility index (Phi) is 10.7. The first-order chi connectivity index (χ1) is 16.3. The summed E-state index contributed by atoms with van der Waals surface area (Å²) in [5.74, 6) is 1.63. The number of aliphatic hydroxyl groups is 1. The molecular formula is C24H36FN5O4. The molecule has 0 spiro atoms. The number of aromatic nitrogens is 4. The molecule has 2 aromatic heterocycles. The summed E-state index contributed by atoms with van der Waals surface area (Å²) in [4.78, 5) is 24.6. The van der Waals surface area contributed by atoms with Crippen molar-refractivity contribution < 1.29 is 23.8 Å². The molecule has 0 aliphatic heterocycles. The van der Waals surface area contributed by atoms with Gasteiger partial charge in [-0.3, -0.25) is 4.79 Å². The van der Waals surface area contributed by atoms with Gasteiger partial charge in [0.05, 0.1) is 25.4 Å². The minimum absolute atomic E-state index is 0.0763. The van der Waals surface area contributed by atoms with Gasteiger partial charge in [-0.2, -0.15) is 14.4 Å². The van der Waals surface area contributed by atoms with E-state index in [2.05, 4.69) is 34.7 Å². The second-order valence-electron chi connectivity index (χ2n) is 8.46. The first kappa shape index (κ1) is 27.5. The highest BCUT2D eigenvalue weighted by atomic mass is 19.1. The number of nitrogen functional groups attached to an aromatic ring is 1. The van der Waals surface area contributed by atoms with Crippen molar-refractivity contribution in [3.8, 4) is 12.3 Å². The van der Waals surface area contributed by atoms with Crippen LogP contribution < -0.4 is 5.73 Å². The SMILES string of the molecule is C#CC(CO)(OC)[C@H](Cn1cnc2c(N)nc(F)nc21)OC(=O)C(CCCC)CCCCCC. The maximum absolute atomic E-state index is 13.8. The molecule has 34 heavy (non-hydrogen) atoms. The van der Waals surface area contributed by atoms with E-state index in [0.717, 1.165) is 38.5 Å². The summed E-state index contributed by atoms with van der Waals surface area (Å²) >= 11 is 0. The van der Waals surface area contributed by atoms with Gasteiger partial charge in [0.15, 0.2) is 23.2 Å². The third-order valence-corrected chi connectivity index (χ3v) is 6.09. The van der Waals surface area contributed by atoms with Gasteiger partial charge < -0.3 is 24.9 Å².